The van der Waals surface area contributed by atoms with Crippen LogP contribution in [-0.4, -0.2) is 94.6 Å². The Balaban J connectivity index is 1.75. The van der Waals surface area contributed by atoms with Gasteiger partial charge in [-0.05, 0) is 31.2 Å². The van der Waals surface area contributed by atoms with Crippen LogP contribution in [0.25, 0.3) is 0 Å². The number of carboxylic acids is 1. The van der Waals surface area contributed by atoms with E-state index < -0.39 is 58.6 Å². The largest absolute Gasteiger partial charge is 0.489 e. The summed E-state index contributed by atoms with van der Waals surface area (Å²) in [5, 5.41) is 26.1. The number of halogens is 1. The molecule has 1 aliphatic rings. The number of carbonyl (C=O) groups is 3. The molecule has 2 aromatic rings. The van der Waals surface area contributed by atoms with Crippen LogP contribution >= 0.6 is 22.9 Å². The standard InChI is InChI=1S/C21H25ClN8O9S2/c1-9-13(19(32)30(9)41(35,36)37)27-18(31)15(14-16(22)40-21(25)28-14)29-39-12(20(33)34)8-38-11-4-2-10(3-5-11)17(24)26-7-6-23/h2-5,9,12-13H,6-8,23H2,1H3,(H2,24,26)(H2,25,28)(H,27,31)(H,33,34)(H,35,36,37)/b29-15-/t9-,12-,13-/m0/s1. The minimum absolute atomic E-state index is 0.0657. The Kier molecular flexibility index (Phi) is 10.0. The number of nitrogens with one attached hydrogen (secondary N) is 3. The number of nitrogens with zero attached hydrogens (tertiary/aromatic N) is 3. The van der Waals surface area contributed by atoms with Crippen LogP contribution in [0.4, 0.5) is 5.13 Å². The topological polar surface area (TPSA) is 273 Å². The average molecular weight is 633 g/mol. The van der Waals surface area contributed by atoms with Crippen molar-refractivity contribution in [1.82, 2.24) is 19.9 Å². The number of ether oxygens (including phenoxy) is 1. The molecule has 0 aliphatic carbocycles. The van der Waals surface area contributed by atoms with E-state index in [4.69, 9.17) is 42.6 Å². The first-order valence-corrected chi connectivity index (χ1v) is 14.1. The molecule has 3 atom stereocenters. The number of carboxylic acid groups (broad SMARTS) is 1. The summed E-state index contributed by atoms with van der Waals surface area (Å²) in [4.78, 5) is 46.0. The fourth-order valence-corrected chi connectivity index (χ4v) is 5.23. The van der Waals surface area contributed by atoms with Crippen LogP contribution in [0.1, 0.15) is 18.2 Å². The van der Waals surface area contributed by atoms with E-state index in [9.17, 15) is 27.9 Å². The van der Waals surface area contributed by atoms with Gasteiger partial charge in [-0.3, -0.25) is 19.6 Å². The molecule has 1 saturated heterocycles. The molecule has 9 N–H and O–H groups in total. The lowest BCUT2D eigenvalue weighted by molar-refractivity contribution is -0.152. The molecular formula is C21H25ClN8O9S2. The minimum Gasteiger partial charge on any atom is -0.489 e. The molecular weight excluding hydrogens is 608 g/mol. The SMILES string of the molecule is C[C@H]1[C@H](NC(=O)/C(=N\O[C@@H](COc2ccc(C(=N)NCCN)cc2)C(=O)O)c2nc(N)sc2Cl)C(=O)N1S(=O)(=O)O. The predicted octanol–water partition coefficient (Wildman–Crippen LogP) is -0.976. The Morgan fingerprint density at radius 2 is 2.00 bits per heavy atom. The number of oxime groups is 1. The number of amides is 2. The van der Waals surface area contributed by atoms with E-state index in [2.05, 4.69) is 20.8 Å². The van der Waals surface area contributed by atoms with E-state index in [1.807, 2.05) is 0 Å². The third-order valence-corrected chi connectivity index (χ3v) is 7.54. The van der Waals surface area contributed by atoms with Gasteiger partial charge in [-0.1, -0.05) is 28.1 Å². The van der Waals surface area contributed by atoms with Crippen LogP contribution in [0.2, 0.25) is 4.34 Å². The van der Waals surface area contributed by atoms with Gasteiger partial charge in [0, 0.05) is 18.7 Å². The number of rotatable bonds is 13. The van der Waals surface area contributed by atoms with Crippen molar-refractivity contribution in [1.29, 1.82) is 5.41 Å². The molecule has 3 rings (SSSR count). The molecule has 1 aliphatic heterocycles. The summed E-state index contributed by atoms with van der Waals surface area (Å²) in [6.07, 6.45) is -1.74. The average Bonchev–Trinajstić information content (AvgIpc) is 3.24. The third-order valence-electron chi connectivity index (χ3n) is 5.45. The minimum atomic E-state index is -4.85. The maximum atomic E-state index is 13.0. The second-order valence-corrected chi connectivity index (χ2v) is 11.2. The summed E-state index contributed by atoms with van der Waals surface area (Å²) in [7, 11) is -4.85. The number of amidine groups is 1. The summed E-state index contributed by atoms with van der Waals surface area (Å²) < 4.78 is 37.3. The number of thiazole rings is 1. The zero-order valence-electron chi connectivity index (χ0n) is 21.1. The number of anilines is 1. The summed E-state index contributed by atoms with van der Waals surface area (Å²) in [6, 6.07) is 3.61. The van der Waals surface area contributed by atoms with Crippen molar-refractivity contribution in [3.05, 3.63) is 39.9 Å². The number of nitrogens with two attached hydrogens (primary N) is 2. The maximum absolute atomic E-state index is 13.0. The summed E-state index contributed by atoms with van der Waals surface area (Å²) >= 11 is 6.87. The van der Waals surface area contributed by atoms with Gasteiger partial charge in [0.1, 0.15) is 34.3 Å². The third kappa shape index (κ3) is 7.58. The Morgan fingerprint density at radius 3 is 2.51 bits per heavy atom. The second kappa shape index (κ2) is 13.1. The molecule has 2 heterocycles. The molecule has 2 amide bonds. The van der Waals surface area contributed by atoms with E-state index in [0.29, 0.717) is 18.7 Å². The summed E-state index contributed by atoms with van der Waals surface area (Å²) in [5.41, 5.74) is 10.6. The number of nitrogen functional groups attached to an aromatic ring is 1. The first kappa shape index (κ1) is 31.5. The highest BCUT2D eigenvalue weighted by molar-refractivity contribution is 7.84. The van der Waals surface area contributed by atoms with Gasteiger partial charge < -0.3 is 36.8 Å². The Hall–Kier alpha value is -4.04. The van der Waals surface area contributed by atoms with Crippen molar-refractivity contribution in [2.24, 2.45) is 10.9 Å². The highest BCUT2D eigenvalue weighted by Gasteiger charge is 2.51. The van der Waals surface area contributed by atoms with Crippen LogP contribution < -0.4 is 26.8 Å². The number of hydrogen-bond acceptors (Lipinski definition) is 13. The maximum Gasteiger partial charge on any atom is 0.362 e. The van der Waals surface area contributed by atoms with Crippen molar-refractivity contribution in [3.8, 4) is 5.75 Å². The molecule has 222 valence electrons. The number of carbonyl (C=O) groups excluding carboxylic acids is 2. The van der Waals surface area contributed by atoms with Gasteiger partial charge in [0.15, 0.2) is 10.8 Å². The smallest absolute Gasteiger partial charge is 0.362 e. The fourth-order valence-electron chi connectivity index (χ4n) is 3.42. The highest BCUT2D eigenvalue weighted by Crippen LogP contribution is 2.28. The molecule has 0 unspecified atom stereocenters. The van der Waals surface area contributed by atoms with Crippen LogP contribution in [0.5, 0.6) is 5.75 Å². The molecule has 0 radical (unpaired) electrons. The van der Waals surface area contributed by atoms with Gasteiger partial charge in [-0.25, -0.2) is 14.1 Å². The summed E-state index contributed by atoms with van der Waals surface area (Å²) in [5.74, 6) is -3.37. The zero-order valence-corrected chi connectivity index (χ0v) is 23.5. The predicted molar refractivity (Wildman–Crippen MR) is 146 cm³/mol. The lowest BCUT2D eigenvalue weighted by Gasteiger charge is -2.42. The normalized spacial score (nSPS) is 17.8. The van der Waals surface area contributed by atoms with Crippen molar-refractivity contribution >= 4 is 67.7 Å². The van der Waals surface area contributed by atoms with Gasteiger partial charge in [0.05, 0.1) is 6.04 Å². The van der Waals surface area contributed by atoms with E-state index in [0.717, 1.165) is 11.3 Å². The van der Waals surface area contributed by atoms with E-state index in [1.54, 1.807) is 12.1 Å². The second-order valence-electron chi connectivity index (χ2n) is 8.28. The van der Waals surface area contributed by atoms with E-state index in [1.165, 1.54) is 19.1 Å². The molecule has 17 nitrogen and oxygen atoms in total. The van der Waals surface area contributed by atoms with E-state index >= 15 is 0 Å². The Labute approximate surface area is 241 Å². The number of aromatic nitrogens is 1. The number of β-lactam (4-membered cyclic amide) rings is 1. The van der Waals surface area contributed by atoms with Crippen molar-refractivity contribution in [2.75, 3.05) is 25.4 Å². The lowest BCUT2D eigenvalue weighted by Crippen LogP contribution is -2.71. The molecule has 41 heavy (non-hydrogen) atoms. The van der Waals surface area contributed by atoms with Gasteiger partial charge in [-0.15, -0.1) is 0 Å². The molecule has 1 aromatic heterocycles. The van der Waals surface area contributed by atoms with Gasteiger partial charge in [-0.2, -0.15) is 8.42 Å². The number of aliphatic carboxylic acids is 1. The monoisotopic (exact) mass is 632 g/mol. The Morgan fingerprint density at radius 1 is 1.34 bits per heavy atom. The first-order chi connectivity index (χ1) is 19.2. The van der Waals surface area contributed by atoms with Crippen molar-refractivity contribution in [2.45, 2.75) is 25.1 Å². The molecule has 0 spiro atoms. The van der Waals surface area contributed by atoms with Crippen molar-refractivity contribution in [3.63, 3.8) is 0 Å². The molecule has 1 aromatic carbocycles. The first-order valence-electron chi connectivity index (χ1n) is 11.5. The number of hydrogen-bond donors (Lipinski definition) is 7. The molecule has 20 heteroatoms. The highest BCUT2D eigenvalue weighted by atomic mass is 35.5. The summed E-state index contributed by atoms with van der Waals surface area (Å²) in [6.45, 7) is 1.45. The van der Waals surface area contributed by atoms with Gasteiger partial charge in [0.25, 0.3) is 17.9 Å². The van der Waals surface area contributed by atoms with Crippen LogP contribution in [-0.2, 0) is 29.5 Å². The zero-order chi connectivity index (χ0) is 30.5. The van der Waals surface area contributed by atoms with Crippen molar-refractivity contribution < 1.29 is 42.0 Å². The van der Waals surface area contributed by atoms with Gasteiger partial charge in [0.2, 0.25) is 0 Å². The molecule has 1 fully saturated rings. The molecule has 0 saturated carbocycles. The quantitative estimate of drug-likeness (QED) is 0.0460. The van der Waals surface area contributed by atoms with Gasteiger partial charge >= 0.3 is 16.3 Å². The number of benzene rings is 1. The van der Waals surface area contributed by atoms with Crippen LogP contribution in [0.15, 0.2) is 29.4 Å². The lowest BCUT2D eigenvalue weighted by atomic mass is 10.0. The van der Waals surface area contributed by atoms with Crippen LogP contribution in [0, 0.1) is 5.41 Å². The van der Waals surface area contributed by atoms with Crippen LogP contribution in [0.3, 0.4) is 0 Å². The van der Waals surface area contributed by atoms with E-state index in [-0.39, 0.29) is 31.1 Å². The Bertz CT molecular complexity index is 1470. The molecule has 0 bridgehead atoms. The fraction of sp³-hybridized carbons (Fsp3) is 0.333.